The van der Waals surface area contributed by atoms with Gasteiger partial charge < -0.3 is 15.0 Å². The van der Waals surface area contributed by atoms with E-state index in [0.717, 1.165) is 25.3 Å². The number of likely N-dealkylation sites (tertiary alicyclic amines) is 1. The van der Waals surface area contributed by atoms with Crippen molar-refractivity contribution < 1.29 is 4.74 Å². The molecule has 2 aliphatic rings. The number of hydrogen-bond donors (Lipinski definition) is 1. The van der Waals surface area contributed by atoms with Crippen LogP contribution in [0.2, 0.25) is 0 Å². The van der Waals surface area contributed by atoms with E-state index in [1.807, 2.05) is 10.9 Å². The highest BCUT2D eigenvalue weighted by Crippen LogP contribution is 2.18. The average Bonchev–Trinajstić information content (AvgIpc) is 3.04. The Hall–Kier alpha value is -1.07. The van der Waals surface area contributed by atoms with E-state index in [-0.39, 0.29) is 0 Å². The lowest BCUT2D eigenvalue weighted by Gasteiger charge is -2.16. The fraction of sp³-hybridized carbons (Fsp3) is 0.800. The Kier molecular flexibility index (Phi) is 4.58. The Labute approximate surface area is 121 Å². The summed E-state index contributed by atoms with van der Waals surface area (Å²) in [6.45, 7) is 4.19. The summed E-state index contributed by atoms with van der Waals surface area (Å²) in [5.74, 6) is 0. The topological polar surface area (TPSA) is 42.3 Å². The first-order valence-electron chi connectivity index (χ1n) is 7.89. The summed E-state index contributed by atoms with van der Waals surface area (Å²) in [6.07, 6.45) is 10.5. The van der Waals surface area contributed by atoms with E-state index >= 15 is 0 Å². The second kappa shape index (κ2) is 6.59. The molecule has 1 aromatic heterocycles. The SMILES string of the molecule is CN1CCCC(Nc2cnn(CC3CCCO3)c2)CC1. The number of aromatic nitrogens is 2. The number of hydrogen-bond acceptors (Lipinski definition) is 4. The summed E-state index contributed by atoms with van der Waals surface area (Å²) < 4.78 is 7.67. The van der Waals surface area contributed by atoms with Gasteiger partial charge in [-0.3, -0.25) is 4.68 Å². The molecule has 20 heavy (non-hydrogen) atoms. The van der Waals surface area contributed by atoms with E-state index in [9.17, 15) is 0 Å². The zero-order valence-corrected chi connectivity index (χ0v) is 12.4. The van der Waals surface area contributed by atoms with E-state index in [0.29, 0.717) is 12.1 Å². The third-order valence-electron chi connectivity index (χ3n) is 4.37. The van der Waals surface area contributed by atoms with Crippen LogP contribution in [0.25, 0.3) is 0 Å². The van der Waals surface area contributed by atoms with Gasteiger partial charge in [0.15, 0.2) is 0 Å². The highest BCUT2D eigenvalue weighted by molar-refractivity contribution is 5.39. The van der Waals surface area contributed by atoms with Crippen LogP contribution in [0, 0.1) is 0 Å². The van der Waals surface area contributed by atoms with Gasteiger partial charge in [0.1, 0.15) is 0 Å². The van der Waals surface area contributed by atoms with Crippen molar-refractivity contribution >= 4 is 5.69 Å². The summed E-state index contributed by atoms with van der Waals surface area (Å²) in [5.41, 5.74) is 1.15. The van der Waals surface area contributed by atoms with Crippen molar-refractivity contribution in [2.75, 3.05) is 32.1 Å². The molecule has 0 aliphatic carbocycles. The van der Waals surface area contributed by atoms with E-state index in [1.54, 1.807) is 0 Å². The summed E-state index contributed by atoms with van der Waals surface area (Å²) in [7, 11) is 2.21. The second-order valence-corrected chi connectivity index (χ2v) is 6.16. The zero-order valence-electron chi connectivity index (χ0n) is 12.4. The lowest BCUT2D eigenvalue weighted by molar-refractivity contribution is 0.0940. The normalized spacial score (nSPS) is 28.4. The quantitative estimate of drug-likeness (QED) is 0.914. The minimum Gasteiger partial charge on any atom is -0.380 e. The lowest BCUT2D eigenvalue weighted by Crippen LogP contribution is -2.22. The first kappa shape index (κ1) is 13.9. The fourth-order valence-electron chi connectivity index (χ4n) is 3.15. The predicted molar refractivity (Wildman–Crippen MR) is 80.0 cm³/mol. The third-order valence-corrected chi connectivity index (χ3v) is 4.37. The van der Waals surface area contributed by atoms with Gasteiger partial charge in [0.05, 0.1) is 24.5 Å². The van der Waals surface area contributed by atoms with Crippen LogP contribution in [0.3, 0.4) is 0 Å². The average molecular weight is 278 g/mol. The Morgan fingerprint density at radius 1 is 1.30 bits per heavy atom. The summed E-state index contributed by atoms with van der Waals surface area (Å²) in [6, 6.07) is 0.584. The molecule has 1 aromatic rings. The number of nitrogens with zero attached hydrogens (tertiary/aromatic N) is 3. The Morgan fingerprint density at radius 2 is 2.25 bits per heavy atom. The smallest absolute Gasteiger partial charge is 0.0771 e. The molecule has 0 radical (unpaired) electrons. The van der Waals surface area contributed by atoms with Crippen molar-refractivity contribution in [2.24, 2.45) is 0 Å². The van der Waals surface area contributed by atoms with Crippen molar-refractivity contribution in [3.8, 4) is 0 Å². The van der Waals surface area contributed by atoms with Crippen LogP contribution in [0.1, 0.15) is 32.1 Å². The van der Waals surface area contributed by atoms with Gasteiger partial charge in [-0.15, -0.1) is 0 Å². The number of ether oxygens (including phenoxy) is 1. The Bertz CT molecular complexity index is 414. The molecular formula is C15H26N4O. The van der Waals surface area contributed by atoms with Gasteiger partial charge >= 0.3 is 0 Å². The van der Waals surface area contributed by atoms with Crippen molar-refractivity contribution in [3.63, 3.8) is 0 Å². The van der Waals surface area contributed by atoms with Crippen molar-refractivity contribution in [1.29, 1.82) is 0 Å². The summed E-state index contributed by atoms with van der Waals surface area (Å²) in [5, 5.41) is 8.08. The molecule has 112 valence electrons. The van der Waals surface area contributed by atoms with Crippen LogP contribution in [-0.4, -0.2) is 53.6 Å². The molecular weight excluding hydrogens is 252 g/mol. The lowest BCUT2D eigenvalue weighted by atomic mass is 10.1. The fourth-order valence-corrected chi connectivity index (χ4v) is 3.15. The molecule has 2 unspecified atom stereocenters. The van der Waals surface area contributed by atoms with Gasteiger partial charge in [0.25, 0.3) is 0 Å². The molecule has 3 rings (SSSR count). The molecule has 3 heterocycles. The highest BCUT2D eigenvalue weighted by Gasteiger charge is 2.18. The zero-order chi connectivity index (χ0) is 13.8. The standard InChI is InChI=1S/C15H26N4O/c1-18-7-2-4-13(6-8-18)17-14-10-16-19(11-14)12-15-5-3-9-20-15/h10-11,13,15,17H,2-9,12H2,1H3. The maximum atomic E-state index is 5.66. The summed E-state index contributed by atoms with van der Waals surface area (Å²) >= 11 is 0. The number of anilines is 1. The van der Waals surface area contributed by atoms with E-state index in [1.165, 1.54) is 38.8 Å². The first-order chi connectivity index (χ1) is 9.79. The van der Waals surface area contributed by atoms with Gasteiger partial charge in [-0.05, 0) is 52.2 Å². The molecule has 1 N–H and O–H groups in total. The van der Waals surface area contributed by atoms with Crippen LogP contribution in [0.4, 0.5) is 5.69 Å². The number of nitrogens with one attached hydrogen (secondary N) is 1. The molecule has 0 bridgehead atoms. The third kappa shape index (κ3) is 3.73. The highest BCUT2D eigenvalue weighted by atomic mass is 16.5. The van der Waals surface area contributed by atoms with E-state index in [4.69, 9.17) is 4.74 Å². The van der Waals surface area contributed by atoms with Gasteiger partial charge in [-0.1, -0.05) is 0 Å². The van der Waals surface area contributed by atoms with Crippen LogP contribution < -0.4 is 5.32 Å². The van der Waals surface area contributed by atoms with Crippen LogP contribution in [0.15, 0.2) is 12.4 Å². The Morgan fingerprint density at radius 3 is 3.10 bits per heavy atom. The molecule has 0 saturated carbocycles. The molecule has 5 heteroatoms. The molecule has 0 aromatic carbocycles. The van der Waals surface area contributed by atoms with Crippen molar-refractivity contribution in [1.82, 2.24) is 14.7 Å². The maximum absolute atomic E-state index is 5.66. The van der Waals surface area contributed by atoms with Gasteiger partial charge in [-0.25, -0.2) is 0 Å². The predicted octanol–water partition coefficient (Wildman–Crippen LogP) is 1.96. The monoisotopic (exact) mass is 278 g/mol. The Balaban J connectivity index is 1.51. The molecule has 2 saturated heterocycles. The van der Waals surface area contributed by atoms with Gasteiger partial charge in [0.2, 0.25) is 0 Å². The van der Waals surface area contributed by atoms with Crippen molar-refractivity contribution in [3.05, 3.63) is 12.4 Å². The minimum absolute atomic E-state index is 0.356. The van der Waals surface area contributed by atoms with Gasteiger partial charge in [-0.2, -0.15) is 5.10 Å². The molecule has 2 atom stereocenters. The van der Waals surface area contributed by atoms with E-state index < -0.39 is 0 Å². The maximum Gasteiger partial charge on any atom is 0.0771 e. The molecule has 0 spiro atoms. The molecule has 2 aliphatic heterocycles. The van der Waals surface area contributed by atoms with Crippen LogP contribution in [-0.2, 0) is 11.3 Å². The second-order valence-electron chi connectivity index (χ2n) is 6.16. The minimum atomic E-state index is 0.356. The molecule has 0 amide bonds. The van der Waals surface area contributed by atoms with Gasteiger partial charge in [0, 0.05) is 18.8 Å². The largest absolute Gasteiger partial charge is 0.380 e. The van der Waals surface area contributed by atoms with Crippen LogP contribution in [0.5, 0.6) is 0 Å². The summed E-state index contributed by atoms with van der Waals surface area (Å²) in [4.78, 5) is 2.42. The number of rotatable bonds is 4. The first-order valence-corrected chi connectivity index (χ1v) is 7.89. The molecule has 2 fully saturated rings. The molecule has 5 nitrogen and oxygen atoms in total. The van der Waals surface area contributed by atoms with Crippen LogP contribution >= 0.6 is 0 Å². The van der Waals surface area contributed by atoms with Crippen molar-refractivity contribution in [2.45, 2.75) is 50.8 Å². The van der Waals surface area contributed by atoms with E-state index in [2.05, 4.69) is 28.6 Å².